The van der Waals surface area contributed by atoms with Gasteiger partial charge in [-0.3, -0.25) is 0 Å². The molecule has 1 saturated carbocycles. The fraction of sp³-hybridized carbons (Fsp3) is 0.538. The first-order valence-electron chi connectivity index (χ1n) is 6.50. The van der Waals surface area contributed by atoms with Crippen molar-refractivity contribution in [3.8, 4) is 11.5 Å². The second-order valence-corrected chi connectivity index (χ2v) is 6.09. The summed E-state index contributed by atoms with van der Waals surface area (Å²) in [7, 11) is 0. The van der Waals surface area contributed by atoms with E-state index in [1.807, 2.05) is 19.9 Å². The van der Waals surface area contributed by atoms with Crippen molar-refractivity contribution >= 4 is 16.3 Å². The molecule has 3 rings (SSSR count). The van der Waals surface area contributed by atoms with Crippen molar-refractivity contribution in [1.29, 1.82) is 0 Å². The van der Waals surface area contributed by atoms with Crippen molar-refractivity contribution in [2.45, 2.75) is 32.8 Å². The number of nitrogens with two attached hydrogens (primary N) is 1. The smallest absolute Gasteiger partial charge is 0.261 e. The molecule has 102 valence electrons. The Hall–Kier alpha value is -1.40. The quantitative estimate of drug-likeness (QED) is 0.909. The Bertz CT molecular complexity index is 574. The van der Waals surface area contributed by atoms with Crippen LogP contribution in [0, 0.1) is 12.8 Å². The maximum Gasteiger partial charge on any atom is 0.261 e. The molecule has 19 heavy (non-hydrogen) atoms. The van der Waals surface area contributed by atoms with E-state index in [9.17, 15) is 0 Å². The average molecular weight is 279 g/mol. The summed E-state index contributed by atoms with van der Waals surface area (Å²) in [5.41, 5.74) is 6.78. The van der Waals surface area contributed by atoms with E-state index >= 15 is 0 Å². The lowest BCUT2D eigenvalue weighted by atomic mass is 10.2. The summed E-state index contributed by atoms with van der Waals surface area (Å²) < 4.78 is 11.1. The standard InChI is InChI=1S/C13H17N3O2S/c1-3-17-10(8-4-5-8)12-15-13(18-16-12)9-6-7(2)19-11(9)14/h6,8,10H,3-5,14H2,1-2H3. The van der Waals surface area contributed by atoms with E-state index in [0.29, 0.717) is 29.2 Å². The third-order valence-corrected chi connectivity index (χ3v) is 4.09. The Morgan fingerprint density at radius 1 is 1.58 bits per heavy atom. The van der Waals surface area contributed by atoms with Gasteiger partial charge in [0.1, 0.15) is 6.10 Å². The monoisotopic (exact) mass is 279 g/mol. The highest BCUT2D eigenvalue weighted by Gasteiger charge is 2.36. The molecule has 0 bridgehead atoms. The molecule has 0 spiro atoms. The molecule has 0 aliphatic heterocycles. The zero-order valence-corrected chi connectivity index (χ0v) is 11.9. The first-order chi connectivity index (χ1) is 9.19. The summed E-state index contributed by atoms with van der Waals surface area (Å²) in [6, 6.07) is 1.98. The summed E-state index contributed by atoms with van der Waals surface area (Å²) >= 11 is 1.53. The van der Waals surface area contributed by atoms with Crippen molar-refractivity contribution in [3.63, 3.8) is 0 Å². The van der Waals surface area contributed by atoms with Crippen LogP contribution in [-0.2, 0) is 4.74 Å². The largest absolute Gasteiger partial charge is 0.390 e. The summed E-state index contributed by atoms with van der Waals surface area (Å²) in [5.74, 6) is 1.66. The average Bonchev–Trinajstić information content (AvgIpc) is 3.00. The van der Waals surface area contributed by atoms with E-state index in [1.54, 1.807) is 0 Å². The van der Waals surface area contributed by atoms with Crippen LogP contribution >= 0.6 is 11.3 Å². The van der Waals surface area contributed by atoms with Crippen molar-refractivity contribution in [2.24, 2.45) is 5.92 Å². The lowest BCUT2D eigenvalue weighted by molar-refractivity contribution is 0.0385. The number of aryl methyl sites for hydroxylation is 1. The molecule has 1 aliphatic carbocycles. The predicted octanol–water partition coefficient (Wildman–Crippen LogP) is 3.18. The maximum absolute atomic E-state index is 5.95. The number of rotatable bonds is 5. The highest BCUT2D eigenvalue weighted by molar-refractivity contribution is 7.16. The molecule has 1 atom stereocenters. The zero-order chi connectivity index (χ0) is 13.4. The van der Waals surface area contributed by atoms with Gasteiger partial charge in [-0.1, -0.05) is 5.16 Å². The van der Waals surface area contributed by atoms with Gasteiger partial charge in [0.25, 0.3) is 5.89 Å². The SMILES string of the molecule is CCOC(c1noc(-c2cc(C)sc2N)n1)C1CC1. The minimum Gasteiger partial charge on any atom is -0.390 e. The Kier molecular flexibility index (Phi) is 3.28. The highest BCUT2D eigenvalue weighted by Crippen LogP contribution is 2.43. The molecule has 1 fully saturated rings. The topological polar surface area (TPSA) is 74.2 Å². The normalized spacial score (nSPS) is 16.7. The first-order valence-corrected chi connectivity index (χ1v) is 7.32. The third-order valence-electron chi connectivity index (χ3n) is 3.21. The predicted molar refractivity (Wildman–Crippen MR) is 73.9 cm³/mol. The number of hydrogen-bond donors (Lipinski definition) is 1. The molecule has 1 aliphatic rings. The van der Waals surface area contributed by atoms with Crippen molar-refractivity contribution < 1.29 is 9.26 Å². The van der Waals surface area contributed by atoms with Crippen LogP contribution in [-0.4, -0.2) is 16.7 Å². The summed E-state index contributed by atoms with van der Waals surface area (Å²) in [6.45, 7) is 4.65. The second kappa shape index (κ2) is 4.94. The van der Waals surface area contributed by atoms with Gasteiger partial charge in [-0.15, -0.1) is 11.3 Å². The number of hydrogen-bond acceptors (Lipinski definition) is 6. The Balaban J connectivity index is 1.87. The molecule has 0 amide bonds. The lowest BCUT2D eigenvalue weighted by Crippen LogP contribution is -2.08. The maximum atomic E-state index is 5.95. The summed E-state index contributed by atoms with van der Waals surface area (Å²) in [5, 5.41) is 4.78. The second-order valence-electron chi connectivity index (χ2n) is 4.81. The molecule has 2 heterocycles. The number of ether oxygens (including phenoxy) is 1. The number of aromatic nitrogens is 2. The molecule has 0 radical (unpaired) electrons. The molecule has 5 nitrogen and oxygen atoms in total. The van der Waals surface area contributed by atoms with Gasteiger partial charge in [0.15, 0.2) is 0 Å². The first kappa shape index (κ1) is 12.6. The van der Waals surface area contributed by atoms with Gasteiger partial charge in [0, 0.05) is 11.5 Å². The van der Waals surface area contributed by atoms with E-state index in [1.165, 1.54) is 24.2 Å². The van der Waals surface area contributed by atoms with Gasteiger partial charge in [-0.2, -0.15) is 4.98 Å². The number of anilines is 1. The molecule has 6 heteroatoms. The minimum atomic E-state index is -0.0385. The Morgan fingerprint density at radius 2 is 2.37 bits per heavy atom. The van der Waals surface area contributed by atoms with Gasteiger partial charge in [0.2, 0.25) is 5.82 Å². The van der Waals surface area contributed by atoms with Crippen LogP contribution in [0.5, 0.6) is 0 Å². The van der Waals surface area contributed by atoms with E-state index < -0.39 is 0 Å². The lowest BCUT2D eigenvalue weighted by Gasteiger charge is -2.10. The molecular formula is C13H17N3O2S. The molecule has 0 aromatic carbocycles. The molecule has 2 aromatic rings. The van der Waals surface area contributed by atoms with Crippen molar-refractivity contribution in [1.82, 2.24) is 10.1 Å². The van der Waals surface area contributed by atoms with Crippen LogP contribution in [0.1, 0.15) is 36.6 Å². The molecule has 2 aromatic heterocycles. The van der Waals surface area contributed by atoms with Gasteiger partial charge in [0.05, 0.1) is 10.6 Å². The van der Waals surface area contributed by atoms with Gasteiger partial charge >= 0.3 is 0 Å². The van der Waals surface area contributed by atoms with E-state index in [4.69, 9.17) is 15.0 Å². The fourth-order valence-electron chi connectivity index (χ4n) is 2.16. The van der Waals surface area contributed by atoms with Crippen LogP contribution in [0.2, 0.25) is 0 Å². The zero-order valence-electron chi connectivity index (χ0n) is 11.0. The van der Waals surface area contributed by atoms with Gasteiger partial charge in [-0.05, 0) is 38.7 Å². The van der Waals surface area contributed by atoms with E-state index in [2.05, 4.69) is 10.1 Å². The molecule has 1 unspecified atom stereocenters. The molecular weight excluding hydrogens is 262 g/mol. The molecule has 0 saturated heterocycles. The number of nitrogens with zero attached hydrogens (tertiary/aromatic N) is 2. The van der Waals surface area contributed by atoms with Crippen LogP contribution in [0.4, 0.5) is 5.00 Å². The fourth-order valence-corrected chi connectivity index (χ4v) is 2.94. The van der Waals surface area contributed by atoms with Gasteiger partial charge < -0.3 is 15.0 Å². The van der Waals surface area contributed by atoms with E-state index in [0.717, 1.165) is 10.4 Å². The minimum absolute atomic E-state index is 0.0385. The third kappa shape index (κ3) is 2.50. The van der Waals surface area contributed by atoms with Crippen molar-refractivity contribution in [3.05, 3.63) is 16.8 Å². The summed E-state index contributed by atoms with van der Waals surface area (Å²) in [4.78, 5) is 5.59. The van der Waals surface area contributed by atoms with Gasteiger partial charge in [-0.25, -0.2) is 0 Å². The van der Waals surface area contributed by atoms with Crippen LogP contribution in [0.15, 0.2) is 10.6 Å². The number of thiophene rings is 1. The number of nitrogen functional groups attached to an aromatic ring is 1. The Morgan fingerprint density at radius 3 is 2.95 bits per heavy atom. The Labute approximate surface area is 115 Å². The summed E-state index contributed by atoms with van der Waals surface area (Å²) in [6.07, 6.45) is 2.31. The van der Waals surface area contributed by atoms with E-state index in [-0.39, 0.29) is 6.10 Å². The molecule has 2 N–H and O–H groups in total. The van der Waals surface area contributed by atoms with Crippen molar-refractivity contribution in [2.75, 3.05) is 12.3 Å². The van der Waals surface area contributed by atoms with Crippen LogP contribution in [0.3, 0.4) is 0 Å². The highest BCUT2D eigenvalue weighted by atomic mass is 32.1. The van der Waals surface area contributed by atoms with Crippen LogP contribution in [0.25, 0.3) is 11.5 Å². The van der Waals surface area contributed by atoms with Crippen LogP contribution < -0.4 is 5.73 Å².